The first kappa shape index (κ1) is 21.8. The van der Waals surface area contributed by atoms with Crippen molar-refractivity contribution in [1.29, 1.82) is 0 Å². The number of allylic oxidation sites excluding steroid dienone is 1. The fraction of sp³-hybridized carbons (Fsp3) is 0.308. The zero-order chi connectivity index (χ0) is 22.7. The number of amides is 1. The second-order valence-corrected chi connectivity index (χ2v) is 8.62. The second-order valence-electron chi connectivity index (χ2n) is 8.62. The number of rotatable bonds is 5. The fourth-order valence-electron chi connectivity index (χ4n) is 4.23. The second kappa shape index (κ2) is 9.40. The number of benzene rings is 2. The monoisotopic (exact) mass is 429 g/mol. The van der Waals surface area contributed by atoms with Gasteiger partial charge in [-0.05, 0) is 43.0 Å². The molecule has 6 nitrogen and oxygen atoms in total. The van der Waals surface area contributed by atoms with Crippen molar-refractivity contribution in [2.24, 2.45) is 0 Å². The average Bonchev–Trinajstić information content (AvgIpc) is 3.23. The van der Waals surface area contributed by atoms with Gasteiger partial charge in [-0.1, -0.05) is 55.1 Å². The molecule has 0 bridgehead atoms. The van der Waals surface area contributed by atoms with Gasteiger partial charge in [0.05, 0.1) is 0 Å². The standard InChI is InChI=1S/C26H31N5O/c1-19(2)27-25-12-13-31(28-25)26(32)30-15-14-29(17-21(30)4)18-24-11-10-23(16-20(24)3)22-8-6-5-7-9-22/h5-13,16,21H,1,14-15,17-18H2,2-4H3,(H,27,28)/t21-/m0/s1. The van der Waals surface area contributed by atoms with Crippen LogP contribution >= 0.6 is 0 Å². The van der Waals surface area contributed by atoms with E-state index < -0.39 is 0 Å². The first-order valence-electron chi connectivity index (χ1n) is 11.1. The number of hydrogen-bond acceptors (Lipinski definition) is 4. The summed E-state index contributed by atoms with van der Waals surface area (Å²) in [5.74, 6) is 0.631. The molecule has 166 valence electrons. The molecule has 4 rings (SSSR count). The van der Waals surface area contributed by atoms with Crippen LogP contribution in [0, 0.1) is 6.92 Å². The lowest BCUT2D eigenvalue weighted by Gasteiger charge is -2.39. The number of anilines is 1. The molecule has 32 heavy (non-hydrogen) atoms. The molecule has 1 saturated heterocycles. The molecule has 1 aromatic heterocycles. The van der Waals surface area contributed by atoms with Gasteiger partial charge in [-0.25, -0.2) is 4.79 Å². The lowest BCUT2D eigenvalue weighted by molar-refractivity contribution is 0.0967. The topological polar surface area (TPSA) is 53.4 Å². The Bertz CT molecular complexity index is 1100. The molecule has 2 aromatic carbocycles. The predicted molar refractivity (Wildman–Crippen MR) is 130 cm³/mol. The van der Waals surface area contributed by atoms with E-state index in [9.17, 15) is 4.79 Å². The molecule has 0 spiro atoms. The molecule has 3 aromatic rings. The summed E-state index contributed by atoms with van der Waals surface area (Å²) in [7, 11) is 0. The Morgan fingerprint density at radius 3 is 2.59 bits per heavy atom. The van der Waals surface area contributed by atoms with Gasteiger partial charge in [-0.3, -0.25) is 4.90 Å². The third-order valence-electron chi connectivity index (χ3n) is 5.93. The number of aryl methyl sites for hydroxylation is 1. The van der Waals surface area contributed by atoms with Crippen molar-refractivity contribution in [1.82, 2.24) is 19.6 Å². The van der Waals surface area contributed by atoms with Crippen LogP contribution in [-0.4, -0.2) is 51.3 Å². The maximum absolute atomic E-state index is 13.0. The molecule has 0 unspecified atom stereocenters. The van der Waals surface area contributed by atoms with Gasteiger partial charge in [0.25, 0.3) is 0 Å². The highest BCUT2D eigenvalue weighted by molar-refractivity contribution is 5.77. The number of carbonyl (C=O) groups excluding carboxylic acids is 1. The van der Waals surface area contributed by atoms with Gasteiger partial charge in [-0.2, -0.15) is 4.68 Å². The van der Waals surface area contributed by atoms with E-state index in [1.54, 1.807) is 12.3 Å². The maximum Gasteiger partial charge on any atom is 0.345 e. The zero-order valence-electron chi connectivity index (χ0n) is 19.1. The summed E-state index contributed by atoms with van der Waals surface area (Å²) in [4.78, 5) is 17.3. The minimum atomic E-state index is -0.0877. The SMILES string of the molecule is C=C(C)Nc1ccn(C(=O)N2CCN(Cc3ccc(-c4ccccc4)cc3C)C[C@@H]2C)n1. The van der Waals surface area contributed by atoms with Gasteiger partial charge in [0.2, 0.25) is 0 Å². The molecule has 0 saturated carbocycles. The Labute approximate surface area is 190 Å². The summed E-state index contributed by atoms with van der Waals surface area (Å²) in [5.41, 5.74) is 5.90. The van der Waals surface area contributed by atoms with Gasteiger partial charge in [0, 0.05) is 50.2 Å². The minimum Gasteiger partial charge on any atom is -0.343 e. The molecule has 1 N–H and O–H groups in total. The summed E-state index contributed by atoms with van der Waals surface area (Å²) < 4.78 is 1.41. The van der Waals surface area contributed by atoms with Crippen molar-refractivity contribution in [2.75, 3.05) is 25.0 Å². The van der Waals surface area contributed by atoms with E-state index >= 15 is 0 Å². The van der Waals surface area contributed by atoms with Crippen molar-refractivity contribution in [3.8, 4) is 11.1 Å². The summed E-state index contributed by atoms with van der Waals surface area (Å²) in [5, 5.41) is 7.37. The van der Waals surface area contributed by atoms with E-state index in [0.717, 1.165) is 25.3 Å². The van der Waals surface area contributed by atoms with E-state index in [1.165, 1.54) is 26.9 Å². The molecular formula is C26H31N5O. The zero-order valence-corrected chi connectivity index (χ0v) is 19.1. The van der Waals surface area contributed by atoms with Crippen LogP contribution in [0.4, 0.5) is 10.6 Å². The molecule has 1 atom stereocenters. The lowest BCUT2D eigenvalue weighted by Crippen LogP contribution is -2.54. The fourth-order valence-corrected chi connectivity index (χ4v) is 4.23. The highest BCUT2D eigenvalue weighted by atomic mass is 16.2. The molecule has 1 aliphatic heterocycles. The van der Waals surface area contributed by atoms with E-state index in [-0.39, 0.29) is 12.1 Å². The predicted octanol–water partition coefficient (Wildman–Crippen LogP) is 4.98. The Kier molecular flexibility index (Phi) is 6.42. The quantitative estimate of drug-likeness (QED) is 0.622. The molecule has 6 heteroatoms. The van der Waals surface area contributed by atoms with Crippen LogP contribution in [0.15, 0.2) is 73.1 Å². The van der Waals surface area contributed by atoms with Crippen LogP contribution in [0.1, 0.15) is 25.0 Å². The van der Waals surface area contributed by atoms with Crippen LogP contribution in [0.2, 0.25) is 0 Å². The molecular weight excluding hydrogens is 398 g/mol. The van der Waals surface area contributed by atoms with Crippen LogP contribution in [0.5, 0.6) is 0 Å². The first-order valence-corrected chi connectivity index (χ1v) is 11.1. The Morgan fingerprint density at radius 2 is 1.91 bits per heavy atom. The highest BCUT2D eigenvalue weighted by Gasteiger charge is 2.29. The van der Waals surface area contributed by atoms with Crippen molar-refractivity contribution in [2.45, 2.75) is 33.4 Å². The number of nitrogens with one attached hydrogen (secondary N) is 1. The van der Waals surface area contributed by atoms with Gasteiger partial charge in [0.15, 0.2) is 5.82 Å². The third-order valence-corrected chi connectivity index (χ3v) is 5.93. The van der Waals surface area contributed by atoms with Crippen molar-refractivity contribution < 1.29 is 4.79 Å². The summed E-state index contributed by atoms with van der Waals surface area (Å²) in [6.07, 6.45) is 1.70. The summed E-state index contributed by atoms with van der Waals surface area (Å²) in [6, 6.07) is 19.0. The van der Waals surface area contributed by atoms with Gasteiger partial charge in [-0.15, -0.1) is 5.10 Å². The van der Waals surface area contributed by atoms with Crippen LogP contribution in [-0.2, 0) is 6.54 Å². The third kappa shape index (κ3) is 4.92. The highest BCUT2D eigenvalue weighted by Crippen LogP contribution is 2.24. The average molecular weight is 430 g/mol. The lowest BCUT2D eigenvalue weighted by atomic mass is 9.99. The number of nitrogens with zero attached hydrogens (tertiary/aromatic N) is 4. The van der Waals surface area contributed by atoms with Gasteiger partial charge < -0.3 is 10.2 Å². The molecule has 1 aliphatic rings. The van der Waals surface area contributed by atoms with Gasteiger partial charge >= 0.3 is 6.03 Å². The molecule has 0 radical (unpaired) electrons. The number of piperazine rings is 1. The van der Waals surface area contributed by atoms with Crippen LogP contribution in [0.25, 0.3) is 11.1 Å². The van der Waals surface area contributed by atoms with E-state index in [0.29, 0.717) is 12.4 Å². The summed E-state index contributed by atoms with van der Waals surface area (Å²) >= 11 is 0. The van der Waals surface area contributed by atoms with E-state index in [4.69, 9.17) is 0 Å². The number of carbonyl (C=O) groups is 1. The molecule has 1 fully saturated rings. The molecule has 0 aliphatic carbocycles. The van der Waals surface area contributed by atoms with E-state index in [1.807, 2.05) is 17.9 Å². The van der Waals surface area contributed by atoms with Crippen LogP contribution in [0.3, 0.4) is 0 Å². The van der Waals surface area contributed by atoms with Crippen molar-refractivity contribution in [3.05, 3.63) is 84.2 Å². The molecule has 2 heterocycles. The first-order chi connectivity index (χ1) is 15.4. The smallest absolute Gasteiger partial charge is 0.343 e. The Hall–Kier alpha value is -3.38. The normalized spacial score (nSPS) is 16.7. The number of aromatic nitrogens is 2. The van der Waals surface area contributed by atoms with Gasteiger partial charge in [0.1, 0.15) is 0 Å². The number of hydrogen-bond donors (Lipinski definition) is 1. The summed E-state index contributed by atoms with van der Waals surface area (Å²) in [6.45, 7) is 13.2. The Morgan fingerprint density at radius 1 is 1.12 bits per heavy atom. The minimum absolute atomic E-state index is 0.0877. The van der Waals surface area contributed by atoms with Crippen molar-refractivity contribution >= 4 is 11.8 Å². The maximum atomic E-state index is 13.0. The largest absolute Gasteiger partial charge is 0.345 e. The van der Waals surface area contributed by atoms with Crippen molar-refractivity contribution in [3.63, 3.8) is 0 Å². The Balaban J connectivity index is 1.38. The van der Waals surface area contributed by atoms with E-state index in [2.05, 4.69) is 78.2 Å². The molecule has 1 amide bonds. The van der Waals surface area contributed by atoms with Crippen LogP contribution < -0.4 is 5.32 Å².